The summed E-state index contributed by atoms with van der Waals surface area (Å²) in [6.07, 6.45) is 1.73. The molecule has 33 heavy (non-hydrogen) atoms. The van der Waals surface area contributed by atoms with Crippen molar-refractivity contribution in [2.45, 2.75) is 20.8 Å². The van der Waals surface area contributed by atoms with E-state index in [0.29, 0.717) is 15.2 Å². The molecule has 164 valence electrons. The molecule has 0 saturated carbocycles. The van der Waals surface area contributed by atoms with Crippen LogP contribution in [0.1, 0.15) is 28.1 Å². The lowest BCUT2D eigenvalue weighted by molar-refractivity contribution is -0.114. The zero-order valence-corrected chi connectivity index (χ0v) is 19.8. The molecule has 2 aliphatic rings. The average molecular weight is 474 g/mol. The maximum atomic E-state index is 12.9. The third kappa shape index (κ3) is 3.73. The summed E-state index contributed by atoms with van der Waals surface area (Å²) in [5.74, 6) is -0.450. The third-order valence-corrected chi connectivity index (χ3v) is 6.89. The standard InChI is InChI=1S/C25H20ClN5OS/c1-14-8-10-18(11-9-14)30-15(2)12-17(16(30)3)13-20-22(27)31-25(28-23(20)32)33-24(29-31)19-6-4-5-7-21(19)26/h4-13,27H,1-3H3/b20-13+,27-22?. The summed E-state index contributed by atoms with van der Waals surface area (Å²) >= 11 is 7.54. The van der Waals surface area contributed by atoms with Crippen molar-refractivity contribution < 1.29 is 4.79 Å². The van der Waals surface area contributed by atoms with E-state index in [0.717, 1.165) is 28.2 Å². The van der Waals surface area contributed by atoms with Crippen molar-refractivity contribution in [1.29, 1.82) is 5.41 Å². The Labute approximate surface area is 200 Å². The van der Waals surface area contributed by atoms with Gasteiger partial charge in [-0.15, -0.1) is 0 Å². The zero-order valence-electron chi connectivity index (χ0n) is 18.3. The van der Waals surface area contributed by atoms with Gasteiger partial charge in [0.1, 0.15) is 5.04 Å². The molecular weight excluding hydrogens is 454 g/mol. The predicted molar refractivity (Wildman–Crippen MR) is 136 cm³/mol. The number of amides is 1. The highest BCUT2D eigenvalue weighted by Crippen LogP contribution is 2.33. The van der Waals surface area contributed by atoms with Crippen molar-refractivity contribution in [3.63, 3.8) is 0 Å². The van der Waals surface area contributed by atoms with E-state index >= 15 is 0 Å². The molecular formula is C25H20ClN5OS. The molecule has 0 saturated heterocycles. The smallest absolute Gasteiger partial charge is 0.283 e. The van der Waals surface area contributed by atoms with E-state index in [2.05, 4.69) is 45.9 Å². The minimum absolute atomic E-state index is 0.000285. The van der Waals surface area contributed by atoms with Crippen LogP contribution in [-0.4, -0.2) is 31.5 Å². The normalized spacial score (nSPS) is 16.8. The highest BCUT2D eigenvalue weighted by atomic mass is 35.5. The molecule has 3 heterocycles. The Morgan fingerprint density at radius 1 is 1.06 bits per heavy atom. The molecule has 0 atom stereocenters. The first kappa shape index (κ1) is 21.4. The fourth-order valence-corrected chi connectivity index (χ4v) is 5.13. The lowest BCUT2D eigenvalue weighted by Gasteiger charge is -2.20. The fraction of sp³-hybridized carbons (Fsp3) is 0.120. The number of aliphatic imine (C=N–C) groups is 1. The molecule has 2 aromatic carbocycles. The van der Waals surface area contributed by atoms with Gasteiger partial charge in [-0.05, 0) is 68.4 Å². The number of aryl methyl sites for hydroxylation is 2. The van der Waals surface area contributed by atoms with Crippen LogP contribution >= 0.6 is 23.4 Å². The van der Waals surface area contributed by atoms with Gasteiger partial charge in [-0.25, -0.2) is 0 Å². The maximum absolute atomic E-state index is 12.9. The van der Waals surface area contributed by atoms with Crippen LogP contribution in [0.15, 0.2) is 70.3 Å². The molecule has 3 aromatic rings. The second-order valence-electron chi connectivity index (χ2n) is 7.90. The van der Waals surface area contributed by atoms with E-state index in [9.17, 15) is 4.79 Å². The fourth-order valence-electron chi connectivity index (χ4n) is 3.92. The van der Waals surface area contributed by atoms with Crippen LogP contribution in [0.25, 0.3) is 11.8 Å². The average Bonchev–Trinajstić information content (AvgIpc) is 3.33. The van der Waals surface area contributed by atoms with E-state index in [1.807, 2.05) is 38.1 Å². The number of hydrogen-bond acceptors (Lipinski definition) is 4. The summed E-state index contributed by atoms with van der Waals surface area (Å²) in [5, 5.41) is 16.1. The first-order valence-electron chi connectivity index (χ1n) is 10.3. The molecule has 1 amide bonds. The minimum Gasteiger partial charge on any atom is -0.318 e. The zero-order chi connectivity index (χ0) is 23.3. The Kier molecular flexibility index (Phi) is 5.31. The summed E-state index contributed by atoms with van der Waals surface area (Å²) in [5.41, 5.74) is 6.07. The van der Waals surface area contributed by atoms with Crippen LogP contribution in [0.5, 0.6) is 0 Å². The molecule has 0 aliphatic carbocycles. The summed E-state index contributed by atoms with van der Waals surface area (Å²) in [4.78, 5) is 17.0. The molecule has 0 unspecified atom stereocenters. The number of carbonyl (C=O) groups is 1. The topological polar surface area (TPSA) is 73.8 Å². The Balaban J connectivity index is 1.52. The number of hydrogen-bond donors (Lipinski definition) is 1. The van der Waals surface area contributed by atoms with E-state index < -0.39 is 5.91 Å². The van der Waals surface area contributed by atoms with Gasteiger partial charge in [0.2, 0.25) is 5.17 Å². The van der Waals surface area contributed by atoms with Crippen LogP contribution < -0.4 is 0 Å². The van der Waals surface area contributed by atoms with Crippen LogP contribution in [0.3, 0.4) is 0 Å². The third-order valence-electron chi connectivity index (χ3n) is 5.62. The van der Waals surface area contributed by atoms with Gasteiger partial charge in [-0.3, -0.25) is 10.2 Å². The van der Waals surface area contributed by atoms with Gasteiger partial charge in [0.25, 0.3) is 5.91 Å². The van der Waals surface area contributed by atoms with Crippen LogP contribution in [0, 0.1) is 26.2 Å². The van der Waals surface area contributed by atoms with Crippen molar-refractivity contribution in [1.82, 2.24) is 9.58 Å². The van der Waals surface area contributed by atoms with Crippen molar-refractivity contribution >= 4 is 51.4 Å². The van der Waals surface area contributed by atoms with Crippen molar-refractivity contribution in [2.75, 3.05) is 0 Å². The van der Waals surface area contributed by atoms with Crippen LogP contribution in [0.2, 0.25) is 5.02 Å². The molecule has 0 spiro atoms. The molecule has 0 radical (unpaired) electrons. The molecule has 2 aliphatic heterocycles. The number of halogens is 1. The predicted octanol–water partition coefficient (Wildman–Crippen LogP) is 5.72. The lowest BCUT2D eigenvalue weighted by Crippen LogP contribution is -2.35. The number of thioether (sulfide) groups is 1. The number of carbonyl (C=O) groups excluding carboxylic acids is 1. The monoisotopic (exact) mass is 473 g/mol. The van der Waals surface area contributed by atoms with Gasteiger partial charge in [0.15, 0.2) is 5.84 Å². The van der Waals surface area contributed by atoms with Gasteiger partial charge in [0, 0.05) is 22.6 Å². The van der Waals surface area contributed by atoms with Crippen molar-refractivity contribution in [3.8, 4) is 5.69 Å². The molecule has 8 heteroatoms. The van der Waals surface area contributed by atoms with Crippen molar-refractivity contribution in [2.24, 2.45) is 10.1 Å². The molecule has 0 bridgehead atoms. The second kappa shape index (κ2) is 8.17. The number of fused-ring (bicyclic) bond motifs is 1. The summed E-state index contributed by atoms with van der Waals surface area (Å²) in [6, 6.07) is 17.7. The van der Waals surface area contributed by atoms with Gasteiger partial charge < -0.3 is 4.57 Å². The van der Waals surface area contributed by atoms with E-state index in [4.69, 9.17) is 17.0 Å². The quantitative estimate of drug-likeness (QED) is 0.494. The number of benzene rings is 2. The number of aromatic nitrogens is 1. The lowest BCUT2D eigenvalue weighted by atomic mass is 10.1. The number of rotatable bonds is 3. The Bertz CT molecular complexity index is 1420. The summed E-state index contributed by atoms with van der Waals surface area (Å²) in [7, 11) is 0. The van der Waals surface area contributed by atoms with Gasteiger partial charge >= 0.3 is 0 Å². The Morgan fingerprint density at radius 2 is 1.79 bits per heavy atom. The SMILES string of the molecule is Cc1ccc(-n2c(C)cc(/C=C3\C(=N)N4N=C(c5ccccc5Cl)SC4=NC3=O)c2C)cc1. The number of nitrogens with one attached hydrogen (secondary N) is 1. The molecule has 5 rings (SSSR count). The minimum atomic E-state index is -0.450. The van der Waals surface area contributed by atoms with Crippen LogP contribution in [0.4, 0.5) is 0 Å². The number of nitrogens with zero attached hydrogens (tertiary/aromatic N) is 4. The van der Waals surface area contributed by atoms with E-state index in [1.54, 1.807) is 12.1 Å². The van der Waals surface area contributed by atoms with Gasteiger partial charge in [-0.2, -0.15) is 15.1 Å². The summed E-state index contributed by atoms with van der Waals surface area (Å²) in [6.45, 7) is 6.08. The maximum Gasteiger partial charge on any atom is 0.283 e. The van der Waals surface area contributed by atoms with Gasteiger partial charge in [0.05, 0.1) is 10.6 Å². The Hall–Kier alpha value is -3.42. The van der Waals surface area contributed by atoms with Gasteiger partial charge in [-0.1, -0.05) is 47.5 Å². The highest BCUT2D eigenvalue weighted by Gasteiger charge is 2.36. The molecule has 0 fully saturated rings. The van der Waals surface area contributed by atoms with Crippen LogP contribution in [-0.2, 0) is 4.79 Å². The summed E-state index contributed by atoms with van der Waals surface area (Å²) < 4.78 is 2.14. The first-order valence-corrected chi connectivity index (χ1v) is 11.5. The first-order chi connectivity index (χ1) is 15.8. The largest absolute Gasteiger partial charge is 0.318 e. The number of amidine groups is 2. The molecule has 1 aromatic heterocycles. The molecule has 6 nitrogen and oxygen atoms in total. The van der Waals surface area contributed by atoms with Crippen molar-refractivity contribution in [3.05, 3.63) is 93.3 Å². The van der Waals surface area contributed by atoms with E-state index in [-0.39, 0.29) is 11.4 Å². The molecule has 1 N–H and O–H groups in total. The Morgan fingerprint density at radius 3 is 2.52 bits per heavy atom. The highest BCUT2D eigenvalue weighted by molar-refractivity contribution is 8.27. The van der Waals surface area contributed by atoms with E-state index in [1.165, 1.54) is 22.3 Å². The second-order valence-corrected chi connectivity index (χ2v) is 9.27. The number of hydrazone groups is 1.